The molecule has 54 heavy (non-hydrogen) atoms. The molecule has 4 heteroatoms. The van der Waals surface area contributed by atoms with E-state index in [2.05, 4.69) is 133 Å². The first-order chi connectivity index (χ1) is 26.3. The number of rotatable bonds is 2. The van der Waals surface area contributed by atoms with Crippen molar-refractivity contribution < 1.29 is 17.9 Å². The highest BCUT2D eigenvalue weighted by atomic mass is 19.1. The van der Waals surface area contributed by atoms with Gasteiger partial charge in [-0.1, -0.05) is 106 Å². The molecule has 0 aliphatic carbocycles. The lowest BCUT2D eigenvalue weighted by molar-refractivity contribution is -0.727. The third-order valence-corrected chi connectivity index (χ3v) is 11.8. The summed E-state index contributed by atoms with van der Waals surface area (Å²) < 4.78 is 27.7. The molecule has 10 rings (SSSR count). The van der Waals surface area contributed by atoms with E-state index in [0.717, 1.165) is 62.8 Å². The van der Waals surface area contributed by atoms with Crippen LogP contribution in [0.2, 0.25) is 0 Å². The Kier molecular flexibility index (Phi) is 7.35. The Morgan fingerprint density at radius 1 is 0.667 bits per heavy atom. The largest absolute Gasteiger partial charge is 0.454 e. The number of pyridine rings is 2. The molecule has 0 bridgehead atoms. The molecule has 5 heterocycles. The fraction of sp³-hybridized carbons (Fsp3) is 0.160. The maximum absolute atomic E-state index is 16.0. The van der Waals surface area contributed by atoms with Crippen molar-refractivity contribution in [1.82, 2.24) is 0 Å². The van der Waals surface area contributed by atoms with Crippen LogP contribution in [0.15, 0.2) is 157 Å². The second-order valence-electron chi connectivity index (χ2n) is 15.9. The number of nitrogens with zero attached hydrogens (tertiary/aromatic N) is 2. The van der Waals surface area contributed by atoms with E-state index < -0.39 is 0 Å². The molecule has 262 valence electrons. The van der Waals surface area contributed by atoms with Crippen LogP contribution in [0.5, 0.6) is 0 Å². The first-order valence-electron chi connectivity index (χ1n) is 18.9. The van der Waals surface area contributed by atoms with Crippen LogP contribution in [0.25, 0.3) is 72.4 Å². The van der Waals surface area contributed by atoms with Gasteiger partial charge < -0.3 is 4.42 Å². The molecule has 2 atom stereocenters. The van der Waals surface area contributed by atoms with Crippen molar-refractivity contribution in [3.63, 3.8) is 0 Å². The number of fused-ring (bicyclic) bond motifs is 13. The number of benzene rings is 5. The topological polar surface area (TPSA) is 20.9 Å². The van der Waals surface area contributed by atoms with E-state index in [9.17, 15) is 0 Å². The Morgan fingerprint density at radius 2 is 1.35 bits per heavy atom. The molecular weight excluding hydrogens is 664 g/mol. The molecule has 0 amide bonds. The summed E-state index contributed by atoms with van der Waals surface area (Å²) in [4.78, 5) is 0. The van der Waals surface area contributed by atoms with Gasteiger partial charge in [0.25, 0.3) is 0 Å². The summed E-state index contributed by atoms with van der Waals surface area (Å²) in [5.41, 5.74) is 14.2. The van der Waals surface area contributed by atoms with Crippen LogP contribution >= 0.6 is 0 Å². The van der Waals surface area contributed by atoms with E-state index in [1.54, 1.807) is 6.07 Å². The fourth-order valence-electron chi connectivity index (χ4n) is 9.03. The van der Waals surface area contributed by atoms with Gasteiger partial charge in [0.15, 0.2) is 12.4 Å². The lowest BCUT2D eigenvalue weighted by Gasteiger charge is -2.30. The SMILES string of the molecule is C=C1C2C(CCc3ccc4c(oc5c(-c6ccc(-c7ccccc7)cc6)c(F)ccc54)c3-c3cccc[n+]31)c1ccccc1-c1ccc(C(C)(C)C)c[n+]12. The predicted octanol–water partition coefficient (Wildman–Crippen LogP) is 12.0. The Labute approximate surface area is 315 Å². The maximum Gasteiger partial charge on any atom is 0.249 e. The van der Waals surface area contributed by atoms with Gasteiger partial charge in [-0.2, -0.15) is 9.13 Å². The quantitative estimate of drug-likeness (QED) is 0.164. The minimum Gasteiger partial charge on any atom is -0.454 e. The molecule has 8 aromatic rings. The average molecular weight is 705 g/mol. The monoisotopic (exact) mass is 704 g/mol. The smallest absolute Gasteiger partial charge is 0.249 e. The molecule has 0 spiro atoms. The Bertz CT molecular complexity index is 2790. The molecule has 5 aromatic carbocycles. The number of hydrogen-bond donors (Lipinski definition) is 0. The van der Waals surface area contributed by atoms with Gasteiger partial charge in [0.2, 0.25) is 23.1 Å². The molecule has 3 aromatic heterocycles. The van der Waals surface area contributed by atoms with Gasteiger partial charge in [-0.15, -0.1) is 0 Å². The average Bonchev–Trinajstić information content (AvgIpc) is 3.59. The van der Waals surface area contributed by atoms with Crippen molar-refractivity contribution >= 4 is 27.6 Å². The van der Waals surface area contributed by atoms with E-state index in [1.807, 2.05) is 36.4 Å². The van der Waals surface area contributed by atoms with Crippen molar-refractivity contribution in [2.45, 2.75) is 51.0 Å². The molecule has 0 N–H and O–H groups in total. The molecule has 2 aliphatic heterocycles. The summed E-state index contributed by atoms with van der Waals surface area (Å²) >= 11 is 0. The minimum absolute atomic E-state index is 0.00915. The molecule has 2 unspecified atom stereocenters. The number of hydrogen-bond acceptors (Lipinski definition) is 1. The highest BCUT2D eigenvalue weighted by molar-refractivity contribution is 6.13. The van der Waals surface area contributed by atoms with Gasteiger partial charge in [0.1, 0.15) is 17.0 Å². The van der Waals surface area contributed by atoms with Gasteiger partial charge in [-0.25, -0.2) is 4.39 Å². The summed E-state index contributed by atoms with van der Waals surface area (Å²) in [6.07, 6.45) is 6.27. The first kappa shape index (κ1) is 32.5. The molecule has 3 nitrogen and oxygen atoms in total. The molecule has 2 aliphatic rings. The summed E-state index contributed by atoms with van der Waals surface area (Å²) in [6, 6.07) is 46.0. The van der Waals surface area contributed by atoms with Crippen molar-refractivity contribution in [2.75, 3.05) is 0 Å². The van der Waals surface area contributed by atoms with Crippen molar-refractivity contribution in [1.29, 1.82) is 0 Å². The first-order valence-corrected chi connectivity index (χ1v) is 18.9. The lowest BCUT2D eigenvalue weighted by Crippen LogP contribution is -2.53. The Hall–Kier alpha value is -6.13. The summed E-state index contributed by atoms with van der Waals surface area (Å²) in [5, 5.41) is 1.88. The van der Waals surface area contributed by atoms with Crippen molar-refractivity contribution in [2.24, 2.45) is 0 Å². The second kappa shape index (κ2) is 12.2. The third kappa shape index (κ3) is 5.00. The third-order valence-electron chi connectivity index (χ3n) is 11.8. The van der Waals surface area contributed by atoms with Gasteiger partial charge in [-0.05, 0) is 83.0 Å². The van der Waals surface area contributed by atoms with E-state index in [-0.39, 0.29) is 23.2 Å². The standard InChI is InChI=1S/C50H41FN2O/c1-31-47-39(37-14-8-9-15-38(37)43-28-23-36(30-53(43)47)50(2,3)4)24-21-35-22-25-40-41-26-27-42(51)45(34-19-17-33(18-20-34)32-12-6-5-7-13-32)48(41)54-49(40)46(35)44-16-10-11-29-52(31)44/h5-20,22-23,25-30,39,47H,1,21,24H2,2-4H3/q+2. The number of aryl methyl sites for hydroxylation is 1. The highest BCUT2D eigenvalue weighted by Crippen LogP contribution is 2.47. The molecule has 0 saturated carbocycles. The number of halogens is 1. The van der Waals surface area contributed by atoms with Gasteiger partial charge in [0.05, 0.1) is 17.0 Å². The summed E-state index contributed by atoms with van der Waals surface area (Å²) in [6.45, 7) is 11.7. The minimum atomic E-state index is -0.301. The molecule has 0 saturated heterocycles. The molecule has 0 fully saturated rings. The maximum atomic E-state index is 16.0. The van der Waals surface area contributed by atoms with Crippen LogP contribution in [-0.4, -0.2) is 0 Å². The normalized spacial score (nSPS) is 16.4. The van der Waals surface area contributed by atoms with Crippen LogP contribution in [0.3, 0.4) is 0 Å². The zero-order valence-corrected chi connectivity index (χ0v) is 30.8. The van der Waals surface area contributed by atoms with Crippen molar-refractivity contribution in [3.8, 4) is 44.8 Å². The Balaban J connectivity index is 1.18. The summed E-state index contributed by atoms with van der Waals surface area (Å²) in [7, 11) is 0. The fourth-order valence-corrected chi connectivity index (χ4v) is 9.03. The second-order valence-corrected chi connectivity index (χ2v) is 15.9. The van der Waals surface area contributed by atoms with Crippen LogP contribution in [-0.2, 0) is 11.8 Å². The summed E-state index contributed by atoms with van der Waals surface area (Å²) in [5.74, 6) is -0.108. The Morgan fingerprint density at radius 3 is 2.15 bits per heavy atom. The van der Waals surface area contributed by atoms with E-state index >= 15 is 4.39 Å². The van der Waals surface area contributed by atoms with E-state index in [1.165, 1.54) is 27.9 Å². The van der Waals surface area contributed by atoms with Gasteiger partial charge in [-0.3, -0.25) is 0 Å². The van der Waals surface area contributed by atoms with Gasteiger partial charge in [0, 0.05) is 40.1 Å². The zero-order valence-electron chi connectivity index (χ0n) is 30.8. The number of aromatic nitrogens is 2. The van der Waals surface area contributed by atoms with Crippen LogP contribution in [0.1, 0.15) is 55.8 Å². The molecular formula is C50H41FN2O+2. The lowest BCUT2D eigenvalue weighted by atomic mass is 9.78. The van der Waals surface area contributed by atoms with Crippen LogP contribution < -0.4 is 9.13 Å². The van der Waals surface area contributed by atoms with Crippen molar-refractivity contribution in [3.05, 3.63) is 175 Å². The van der Waals surface area contributed by atoms with E-state index in [4.69, 9.17) is 11.0 Å². The van der Waals surface area contributed by atoms with Gasteiger partial charge >= 0.3 is 0 Å². The molecule has 0 radical (unpaired) electrons. The van der Waals surface area contributed by atoms with E-state index in [0.29, 0.717) is 11.1 Å². The van der Waals surface area contributed by atoms with Crippen LogP contribution in [0.4, 0.5) is 4.39 Å². The highest BCUT2D eigenvalue weighted by Gasteiger charge is 2.47. The van der Waals surface area contributed by atoms with Crippen LogP contribution in [0, 0.1) is 5.82 Å². The predicted molar refractivity (Wildman–Crippen MR) is 216 cm³/mol. The number of allylic oxidation sites excluding steroid dienone is 1. The number of furan rings is 1. The zero-order chi connectivity index (χ0) is 36.7.